The Bertz CT molecular complexity index is 703. The summed E-state index contributed by atoms with van der Waals surface area (Å²) in [6.45, 7) is 0.0487. The van der Waals surface area contributed by atoms with Crippen LogP contribution in [0.3, 0.4) is 0 Å². The van der Waals surface area contributed by atoms with Crippen molar-refractivity contribution in [3.05, 3.63) is 48.4 Å². The summed E-state index contributed by atoms with van der Waals surface area (Å²) in [5.41, 5.74) is 3.90. The van der Waals surface area contributed by atoms with Gasteiger partial charge in [0.05, 0.1) is 18.3 Å². The number of benzene rings is 1. The fraction of sp³-hybridized carbons (Fsp3) is 0.143. The summed E-state index contributed by atoms with van der Waals surface area (Å²) in [6.07, 6.45) is 5.62. The first-order valence-electron chi connectivity index (χ1n) is 5.75. The number of aliphatic hydroxyl groups is 1. The molecule has 0 unspecified atom stereocenters. The molecule has 0 saturated heterocycles. The molecule has 2 aromatic heterocycles. The van der Waals surface area contributed by atoms with Crippen molar-refractivity contribution >= 4 is 10.9 Å². The fourth-order valence-electron chi connectivity index (χ4n) is 2.01. The minimum Gasteiger partial charge on any atom is -0.392 e. The Hall–Kier alpha value is -2.20. The van der Waals surface area contributed by atoms with Gasteiger partial charge < -0.3 is 5.11 Å². The number of aromatic nitrogens is 3. The van der Waals surface area contributed by atoms with Gasteiger partial charge in [0.25, 0.3) is 0 Å². The van der Waals surface area contributed by atoms with Crippen LogP contribution in [0.1, 0.15) is 5.56 Å². The van der Waals surface area contributed by atoms with Gasteiger partial charge in [-0.2, -0.15) is 5.10 Å². The average molecular weight is 239 g/mol. The molecule has 3 aromatic rings. The van der Waals surface area contributed by atoms with Gasteiger partial charge in [0.1, 0.15) is 0 Å². The van der Waals surface area contributed by atoms with Gasteiger partial charge in [-0.05, 0) is 23.8 Å². The molecule has 1 aromatic carbocycles. The van der Waals surface area contributed by atoms with E-state index in [1.54, 1.807) is 4.68 Å². The van der Waals surface area contributed by atoms with Crippen LogP contribution in [0.15, 0.2) is 42.9 Å². The average Bonchev–Trinajstić information content (AvgIpc) is 2.84. The molecular weight excluding hydrogens is 226 g/mol. The minimum atomic E-state index is 0.0487. The summed E-state index contributed by atoms with van der Waals surface area (Å²) in [6, 6.07) is 7.84. The molecule has 18 heavy (non-hydrogen) atoms. The summed E-state index contributed by atoms with van der Waals surface area (Å²) in [4.78, 5) is 4.42. The largest absolute Gasteiger partial charge is 0.392 e. The van der Waals surface area contributed by atoms with Crippen LogP contribution in [-0.4, -0.2) is 19.9 Å². The number of pyridine rings is 1. The van der Waals surface area contributed by atoms with E-state index in [2.05, 4.69) is 16.1 Å². The molecule has 0 spiro atoms. The van der Waals surface area contributed by atoms with E-state index in [-0.39, 0.29) is 6.61 Å². The summed E-state index contributed by atoms with van der Waals surface area (Å²) >= 11 is 0. The quantitative estimate of drug-likeness (QED) is 0.745. The Morgan fingerprint density at radius 1 is 1.17 bits per heavy atom. The molecule has 0 radical (unpaired) electrons. The van der Waals surface area contributed by atoms with E-state index in [0.29, 0.717) is 0 Å². The van der Waals surface area contributed by atoms with Crippen molar-refractivity contribution in [3.63, 3.8) is 0 Å². The molecule has 4 nitrogen and oxygen atoms in total. The third-order valence-corrected chi connectivity index (χ3v) is 2.97. The second kappa shape index (κ2) is 4.23. The highest BCUT2D eigenvalue weighted by Crippen LogP contribution is 2.22. The lowest BCUT2D eigenvalue weighted by atomic mass is 10.1. The van der Waals surface area contributed by atoms with Crippen LogP contribution in [-0.2, 0) is 13.7 Å². The molecule has 3 rings (SSSR count). The second-order valence-corrected chi connectivity index (χ2v) is 4.31. The van der Waals surface area contributed by atoms with E-state index >= 15 is 0 Å². The lowest BCUT2D eigenvalue weighted by Gasteiger charge is -2.03. The molecule has 0 aliphatic heterocycles. The van der Waals surface area contributed by atoms with Gasteiger partial charge in [-0.3, -0.25) is 9.67 Å². The highest BCUT2D eigenvalue weighted by atomic mass is 16.3. The summed E-state index contributed by atoms with van der Waals surface area (Å²) < 4.78 is 1.77. The molecule has 0 aliphatic carbocycles. The summed E-state index contributed by atoms with van der Waals surface area (Å²) in [7, 11) is 1.89. The molecule has 90 valence electrons. The first-order valence-corrected chi connectivity index (χ1v) is 5.75. The zero-order chi connectivity index (χ0) is 12.5. The molecule has 1 N–H and O–H groups in total. The highest BCUT2D eigenvalue weighted by Gasteiger charge is 2.03. The Morgan fingerprint density at radius 3 is 2.78 bits per heavy atom. The SMILES string of the molecule is Cn1cc(-c2cnc3ccc(CO)cc3c2)cn1. The molecular formula is C14H13N3O. The second-order valence-electron chi connectivity index (χ2n) is 4.31. The van der Waals surface area contributed by atoms with Crippen LogP contribution in [0.4, 0.5) is 0 Å². The van der Waals surface area contributed by atoms with Gasteiger partial charge in [-0.15, -0.1) is 0 Å². The number of hydrogen-bond donors (Lipinski definition) is 1. The molecule has 4 heteroatoms. The standard InChI is InChI=1S/C14H13N3O/c1-17-8-13(7-16-17)12-5-11-4-10(9-18)2-3-14(11)15-6-12/h2-8,18H,9H2,1H3. The predicted molar refractivity (Wildman–Crippen MR) is 69.9 cm³/mol. The highest BCUT2D eigenvalue weighted by molar-refractivity contribution is 5.83. The van der Waals surface area contributed by atoms with Crippen LogP contribution in [0.25, 0.3) is 22.0 Å². The fourth-order valence-corrected chi connectivity index (χ4v) is 2.01. The zero-order valence-electron chi connectivity index (χ0n) is 10.0. The van der Waals surface area contributed by atoms with Crippen LogP contribution in [0, 0.1) is 0 Å². The monoisotopic (exact) mass is 239 g/mol. The molecule has 0 bridgehead atoms. The molecule has 0 amide bonds. The number of nitrogens with zero attached hydrogens (tertiary/aromatic N) is 3. The van der Waals surface area contributed by atoms with E-state index in [0.717, 1.165) is 27.6 Å². The smallest absolute Gasteiger partial charge is 0.0702 e. The van der Waals surface area contributed by atoms with Crippen molar-refractivity contribution in [3.8, 4) is 11.1 Å². The van der Waals surface area contributed by atoms with E-state index in [1.807, 2.05) is 43.8 Å². The van der Waals surface area contributed by atoms with Gasteiger partial charge >= 0.3 is 0 Å². The predicted octanol–water partition coefficient (Wildman–Crippen LogP) is 2.13. The molecule has 0 saturated carbocycles. The van der Waals surface area contributed by atoms with Gasteiger partial charge in [-0.1, -0.05) is 6.07 Å². The number of hydrogen-bond acceptors (Lipinski definition) is 3. The van der Waals surface area contributed by atoms with Crippen molar-refractivity contribution in [2.24, 2.45) is 7.05 Å². The van der Waals surface area contributed by atoms with E-state index in [4.69, 9.17) is 5.11 Å². The van der Waals surface area contributed by atoms with Gasteiger partial charge in [0, 0.05) is 36.0 Å². The topological polar surface area (TPSA) is 50.9 Å². The Balaban J connectivity index is 2.14. The van der Waals surface area contributed by atoms with Gasteiger partial charge in [0.15, 0.2) is 0 Å². The maximum absolute atomic E-state index is 9.15. The van der Waals surface area contributed by atoms with E-state index in [9.17, 15) is 0 Å². The number of aliphatic hydroxyl groups excluding tert-OH is 1. The van der Waals surface area contributed by atoms with E-state index in [1.165, 1.54) is 0 Å². The number of fused-ring (bicyclic) bond motifs is 1. The van der Waals surface area contributed by atoms with Crippen LogP contribution >= 0.6 is 0 Å². The van der Waals surface area contributed by atoms with Gasteiger partial charge in [-0.25, -0.2) is 0 Å². The normalized spacial score (nSPS) is 11.0. The maximum Gasteiger partial charge on any atom is 0.0702 e. The number of aryl methyl sites for hydroxylation is 1. The zero-order valence-corrected chi connectivity index (χ0v) is 10.0. The molecule has 0 atom stereocenters. The van der Waals surface area contributed by atoms with Crippen LogP contribution in [0.2, 0.25) is 0 Å². The van der Waals surface area contributed by atoms with Crippen LogP contribution in [0.5, 0.6) is 0 Å². The van der Waals surface area contributed by atoms with Crippen molar-refractivity contribution < 1.29 is 5.11 Å². The minimum absolute atomic E-state index is 0.0487. The first kappa shape index (κ1) is 10.9. The third kappa shape index (κ3) is 1.87. The Labute approximate surface area is 105 Å². The van der Waals surface area contributed by atoms with Crippen LogP contribution < -0.4 is 0 Å². The van der Waals surface area contributed by atoms with E-state index < -0.39 is 0 Å². The number of rotatable bonds is 2. The first-order chi connectivity index (χ1) is 8.76. The molecule has 2 heterocycles. The maximum atomic E-state index is 9.15. The Morgan fingerprint density at radius 2 is 2.06 bits per heavy atom. The van der Waals surface area contributed by atoms with Gasteiger partial charge in [0.2, 0.25) is 0 Å². The lowest BCUT2D eigenvalue weighted by molar-refractivity contribution is 0.282. The lowest BCUT2D eigenvalue weighted by Crippen LogP contribution is -1.86. The molecule has 0 fully saturated rings. The van der Waals surface area contributed by atoms with Crippen molar-refractivity contribution in [2.75, 3.05) is 0 Å². The molecule has 0 aliphatic rings. The summed E-state index contributed by atoms with van der Waals surface area (Å²) in [5, 5.41) is 14.3. The third-order valence-electron chi connectivity index (χ3n) is 2.97. The van der Waals surface area contributed by atoms with Crippen molar-refractivity contribution in [1.29, 1.82) is 0 Å². The van der Waals surface area contributed by atoms with Crippen molar-refractivity contribution in [1.82, 2.24) is 14.8 Å². The Kier molecular flexibility index (Phi) is 2.57. The van der Waals surface area contributed by atoms with Crippen molar-refractivity contribution in [2.45, 2.75) is 6.61 Å². The summed E-state index contributed by atoms with van der Waals surface area (Å²) in [5.74, 6) is 0.